The summed E-state index contributed by atoms with van der Waals surface area (Å²) in [5.41, 5.74) is 7.19. The van der Waals surface area contributed by atoms with E-state index in [0.717, 1.165) is 23.7 Å². The molecule has 0 bridgehead atoms. The Hall–Kier alpha value is -0.610. The first kappa shape index (κ1) is 11.9. The zero-order valence-electron chi connectivity index (χ0n) is 9.04. The van der Waals surface area contributed by atoms with E-state index in [1.54, 1.807) is 0 Å². The molecule has 1 aromatic carbocycles. The van der Waals surface area contributed by atoms with Gasteiger partial charge in [0.2, 0.25) is 0 Å². The van der Waals surface area contributed by atoms with E-state index in [0.29, 0.717) is 11.7 Å². The van der Waals surface area contributed by atoms with Gasteiger partial charge in [-0.05, 0) is 13.0 Å². The summed E-state index contributed by atoms with van der Waals surface area (Å²) in [6.07, 6.45) is 0. The van der Waals surface area contributed by atoms with Gasteiger partial charge < -0.3 is 10.6 Å². The molecule has 2 nitrogen and oxygen atoms in total. The zero-order valence-corrected chi connectivity index (χ0v) is 10.6. The Morgan fingerprint density at radius 1 is 1.56 bits per heavy atom. The van der Waals surface area contributed by atoms with Crippen molar-refractivity contribution >= 4 is 34.7 Å². The molecule has 1 atom stereocenters. The van der Waals surface area contributed by atoms with Crippen LogP contribution in [0.4, 0.5) is 15.8 Å². The number of rotatable bonds is 1. The van der Waals surface area contributed by atoms with Crippen LogP contribution in [-0.4, -0.2) is 24.1 Å². The van der Waals surface area contributed by atoms with E-state index in [1.165, 1.54) is 12.1 Å². The van der Waals surface area contributed by atoms with Gasteiger partial charge in [-0.3, -0.25) is 0 Å². The van der Waals surface area contributed by atoms with Crippen LogP contribution in [0.2, 0.25) is 5.02 Å². The Morgan fingerprint density at radius 3 is 3.00 bits per heavy atom. The lowest BCUT2D eigenvalue weighted by atomic mass is 10.2. The lowest BCUT2D eigenvalue weighted by Gasteiger charge is -2.35. The molecule has 2 rings (SSSR count). The molecule has 2 N–H and O–H groups in total. The van der Waals surface area contributed by atoms with Crippen LogP contribution in [0, 0.1) is 5.82 Å². The summed E-state index contributed by atoms with van der Waals surface area (Å²) in [7, 11) is 0. The summed E-state index contributed by atoms with van der Waals surface area (Å²) < 4.78 is 13.4. The summed E-state index contributed by atoms with van der Waals surface area (Å²) in [5.74, 6) is 1.69. The summed E-state index contributed by atoms with van der Waals surface area (Å²) in [6, 6.07) is 3.30. The van der Waals surface area contributed by atoms with Crippen LogP contribution in [0.25, 0.3) is 0 Å². The molecule has 88 valence electrons. The molecule has 1 heterocycles. The number of hydrogen-bond donors (Lipinski definition) is 1. The quantitative estimate of drug-likeness (QED) is 0.787. The van der Waals surface area contributed by atoms with E-state index in [1.807, 2.05) is 11.8 Å². The van der Waals surface area contributed by atoms with Crippen LogP contribution in [0.15, 0.2) is 12.1 Å². The molecular formula is C11H14ClFN2S. The van der Waals surface area contributed by atoms with Crippen LogP contribution in [0.3, 0.4) is 0 Å². The molecule has 1 unspecified atom stereocenters. The summed E-state index contributed by atoms with van der Waals surface area (Å²) >= 11 is 7.60. The number of thioether (sulfide) groups is 1. The van der Waals surface area contributed by atoms with Crippen LogP contribution in [-0.2, 0) is 0 Å². The third kappa shape index (κ3) is 2.23. The average molecular weight is 261 g/mol. The third-order valence-corrected chi connectivity index (χ3v) is 4.23. The molecule has 0 aromatic heterocycles. The van der Waals surface area contributed by atoms with E-state index in [4.69, 9.17) is 17.3 Å². The Kier molecular flexibility index (Phi) is 3.50. The van der Waals surface area contributed by atoms with E-state index < -0.39 is 5.82 Å². The molecule has 1 saturated heterocycles. The maximum atomic E-state index is 13.4. The third-order valence-electron chi connectivity index (χ3n) is 2.75. The molecule has 1 fully saturated rings. The number of hydrogen-bond acceptors (Lipinski definition) is 3. The fraction of sp³-hybridized carbons (Fsp3) is 0.455. The van der Waals surface area contributed by atoms with Crippen molar-refractivity contribution in [1.29, 1.82) is 0 Å². The van der Waals surface area contributed by atoms with Gasteiger partial charge >= 0.3 is 0 Å². The SMILES string of the molecule is CC1CSCCN1c1cc(F)c(Cl)cc1N. The topological polar surface area (TPSA) is 29.3 Å². The molecule has 0 spiro atoms. The van der Waals surface area contributed by atoms with Crippen molar-refractivity contribution in [2.75, 3.05) is 28.7 Å². The molecule has 0 aliphatic carbocycles. The molecule has 0 radical (unpaired) electrons. The van der Waals surface area contributed by atoms with Crippen molar-refractivity contribution in [2.45, 2.75) is 13.0 Å². The lowest BCUT2D eigenvalue weighted by Crippen LogP contribution is -2.40. The molecule has 1 aliphatic rings. The second-order valence-corrected chi connectivity index (χ2v) is 5.50. The van der Waals surface area contributed by atoms with Crippen molar-refractivity contribution in [2.24, 2.45) is 0 Å². The van der Waals surface area contributed by atoms with Crippen molar-refractivity contribution in [3.05, 3.63) is 23.0 Å². The molecule has 1 aliphatic heterocycles. The number of halogens is 2. The molecule has 16 heavy (non-hydrogen) atoms. The fourth-order valence-corrected chi connectivity index (χ4v) is 3.07. The minimum Gasteiger partial charge on any atom is -0.397 e. The standard InChI is InChI=1S/C11H14ClFN2S/c1-7-6-16-3-2-15(7)11-5-9(13)8(12)4-10(11)14/h4-5,7H,2-3,6,14H2,1H3. The largest absolute Gasteiger partial charge is 0.397 e. The van der Waals surface area contributed by atoms with Gasteiger partial charge in [-0.25, -0.2) is 4.39 Å². The highest BCUT2D eigenvalue weighted by Crippen LogP contribution is 2.32. The first-order valence-corrected chi connectivity index (χ1v) is 6.71. The van der Waals surface area contributed by atoms with Crippen molar-refractivity contribution < 1.29 is 4.39 Å². The smallest absolute Gasteiger partial charge is 0.144 e. The second-order valence-electron chi connectivity index (χ2n) is 3.94. The summed E-state index contributed by atoms with van der Waals surface area (Å²) in [6.45, 7) is 3.02. The molecule has 1 aromatic rings. The fourth-order valence-electron chi connectivity index (χ4n) is 1.89. The zero-order chi connectivity index (χ0) is 11.7. The van der Waals surface area contributed by atoms with Crippen LogP contribution >= 0.6 is 23.4 Å². The van der Waals surface area contributed by atoms with E-state index in [-0.39, 0.29) is 5.02 Å². The number of anilines is 2. The Morgan fingerprint density at radius 2 is 2.31 bits per heavy atom. The highest BCUT2D eigenvalue weighted by atomic mass is 35.5. The average Bonchev–Trinajstić information content (AvgIpc) is 2.25. The highest BCUT2D eigenvalue weighted by molar-refractivity contribution is 7.99. The van der Waals surface area contributed by atoms with Gasteiger partial charge in [0.05, 0.1) is 16.4 Å². The Labute approximate surface area is 104 Å². The summed E-state index contributed by atoms with van der Waals surface area (Å²) in [5, 5.41) is 0.0836. The first-order valence-electron chi connectivity index (χ1n) is 5.18. The van der Waals surface area contributed by atoms with Gasteiger partial charge in [0, 0.05) is 30.2 Å². The Bertz CT molecular complexity index is 400. The number of nitrogens with zero attached hydrogens (tertiary/aromatic N) is 1. The van der Waals surface area contributed by atoms with Gasteiger partial charge in [0.15, 0.2) is 0 Å². The Balaban J connectivity index is 2.35. The highest BCUT2D eigenvalue weighted by Gasteiger charge is 2.21. The van der Waals surface area contributed by atoms with Crippen LogP contribution < -0.4 is 10.6 Å². The molecule has 0 saturated carbocycles. The number of nitrogens with two attached hydrogens (primary N) is 1. The van der Waals surface area contributed by atoms with E-state index >= 15 is 0 Å². The predicted molar refractivity (Wildman–Crippen MR) is 70.0 cm³/mol. The van der Waals surface area contributed by atoms with Gasteiger partial charge in [-0.15, -0.1) is 0 Å². The minimum absolute atomic E-state index is 0.0836. The monoisotopic (exact) mass is 260 g/mol. The van der Waals surface area contributed by atoms with E-state index in [9.17, 15) is 4.39 Å². The molecule has 0 amide bonds. The predicted octanol–water partition coefficient (Wildman–Crippen LogP) is 3.00. The van der Waals surface area contributed by atoms with Crippen molar-refractivity contribution in [1.82, 2.24) is 0 Å². The van der Waals surface area contributed by atoms with Crippen LogP contribution in [0.5, 0.6) is 0 Å². The van der Waals surface area contributed by atoms with Crippen molar-refractivity contribution in [3.8, 4) is 0 Å². The maximum Gasteiger partial charge on any atom is 0.144 e. The number of nitrogen functional groups attached to an aromatic ring is 1. The maximum absolute atomic E-state index is 13.4. The van der Waals surface area contributed by atoms with Crippen LogP contribution in [0.1, 0.15) is 6.92 Å². The number of benzene rings is 1. The lowest BCUT2D eigenvalue weighted by molar-refractivity contribution is 0.624. The first-order chi connectivity index (χ1) is 7.59. The minimum atomic E-state index is -0.406. The molecule has 5 heteroatoms. The van der Waals surface area contributed by atoms with Crippen molar-refractivity contribution in [3.63, 3.8) is 0 Å². The normalized spacial score (nSPS) is 21.2. The second kappa shape index (κ2) is 4.72. The van der Waals surface area contributed by atoms with Gasteiger partial charge in [0.1, 0.15) is 5.82 Å². The molecular weight excluding hydrogens is 247 g/mol. The van der Waals surface area contributed by atoms with Gasteiger partial charge in [-0.2, -0.15) is 11.8 Å². The van der Waals surface area contributed by atoms with Gasteiger partial charge in [-0.1, -0.05) is 11.6 Å². The summed E-state index contributed by atoms with van der Waals surface area (Å²) in [4.78, 5) is 2.14. The van der Waals surface area contributed by atoms with E-state index in [2.05, 4.69) is 11.8 Å². The van der Waals surface area contributed by atoms with Gasteiger partial charge in [0.25, 0.3) is 0 Å².